The quantitative estimate of drug-likeness (QED) is 0.716. The zero-order valence-corrected chi connectivity index (χ0v) is 9.07. The maximum Gasteiger partial charge on any atom is 0.324 e. The van der Waals surface area contributed by atoms with Crippen molar-refractivity contribution in [1.29, 1.82) is 0 Å². The molecule has 0 aliphatic rings. The molecule has 0 aromatic carbocycles. The van der Waals surface area contributed by atoms with E-state index in [1.165, 1.54) is 4.52 Å². The first-order valence-corrected chi connectivity index (χ1v) is 4.88. The van der Waals surface area contributed by atoms with Gasteiger partial charge in [-0.2, -0.15) is 4.52 Å². The Bertz CT molecular complexity index is 553. The lowest BCUT2D eigenvalue weighted by molar-refractivity contribution is -0.139. The van der Waals surface area contributed by atoms with Crippen LogP contribution in [0.15, 0.2) is 12.1 Å². The number of rotatable bonds is 4. The van der Waals surface area contributed by atoms with E-state index in [-0.39, 0.29) is 12.5 Å². The van der Waals surface area contributed by atoms with E-state index in [0.717, 1.165) is 0 Å². The van der Waals surface area contributed by atoms with Crippen molar-refractivity contribution < 1.29 is 14.6 Å². The average molecular weight is 237 g/mol. The molecule has 90 valence electrons. The topological polar surface area (TPSA) is 116 Å². The number of aliphatic carboxylic acids is 1. The first kappa shape index (κ1) is 11.3. The summed E-state index contributed by atoms with van der Waals surface area (Å²) in [6, 6.07) is 2.18. The van der Waals surface area contributed by atoms with Crippen LogP contribution in [0.2, 0.25) is 0 Å². The third-order valence-corrected chi connectivity index (χ3v) is 2.12. The fraction of sp³-hybridized carbons (Fsp3) is 0.333. The van der Waals surface area contributed by atoms with Gasteiger partial charge in [0.05, 0.1) is 0 Å². The van der Waals surface area contributed by atoms with Crippen LogP contribution in [0.3, 0.4) is 0 Å². The highest BCUT2D eigenvalue weighted by atomic mass is 16.5. The number of nitrogens with zero attached hydrogens (tertiary/aromatic N) is 4. The van der Waals surface area contributed by atoms with Crippen molar-refractivity contribution in [3.05, 3.63) is 18.0 Å². The molecule has 0 spiro atoms. The number of hydrogen-bond acceptors (Lipinski definition) is 6. The van der Waals surface area contributed by atoms with Crippen LogP contribution in [0, 0.1) is 6.92 Å². The van der Waals surface area contributed by atoms with Crippen LogP contribution >= 0.6 is 0 Å². The molecule has 1 unspecified atom stereocenters. The monoisotopic (exact) mass is 237 g/mol. The summed E-state index contributed by atoms with van der Waals surface area (Å²) in [4.78, 5) is 10.5. The van der Waals surface area contributed by atoms with Gasteiger partial charge in [-0.25, -0.2) is 0 Å². The molecule has 0 amide bonds. The third kappa shape index (κ3) is 2.31. The Hall–Kier alpha value is -2.22. The summed E-state index contributed by atoms with van der Waals surface area (Å²) in [5, 5.41) is 20.4. The predicted octanol–water partition coefficient (Wildman–Crippen LogP) is -0.777. The smallest absolute Gasteiger partial charge is 0.324 e. The highest BCUT2D eigenvalue weighted by Gasteiger charge is 2.13. The van der Waals surface area contributed by atoms with Crippen molar-refractivity contribution in [2.45, 2.75) is 13.0 Å². The Morgan fingerprint density at radius 1 is 1.59 bits per heavy atom. The number of ether oxygens (including phenoxy) is 1. The Labute approximate surface area is 96.0 Å². The number of carboxylic acids is 1. The van der Waals surface area contributed by atoms with Gasteiger partial charge >= 0.3 is 5.97 Å². The molecule has 0 bridgehead atoms. The van der Waals surface area contributed by atoms with Gasteiger partial charge in [0.25, 0.3) is 0 Å². The second kappa shape index (κ2) is 4.34. The van der Waals surface area contributed by atoms with Crippen molar-refractivity contribution in [1.82, 2.24) is 19.8 Å². The molecule has 3 N–H and O–H groups in total. The van der Waals surface area contributed by atoms with Gasteiger partial charge < -0.3 is 15.6 Å². The number of nitrogens with two attached hydrogens (primary N) is 1. The summed E-state index contributed by atoms with van der Waals surface area (Å²) in [6.45, 7) is 1.61. The van der Waals surface area contributed by atoms with Crippen molar-refractivity contribution in [3.63, 3.8) is 0 Å². The molecule has 8 heteroatoms. The van der Waals surface area contributed by atoms with E-state index in [9.17, 15) is 4.79 Å². The number of fused-ring (bicyclic) bond motifs is 1. The van der Waals surface area contributed by atoms with E-state index in [1.54, 1.807) is 19.1 Å². The van der Waals surface area contributed by atoms with Gasteiger partial charge in [0, 0.05) is 6.07 Å². The molecular weight excluding hydrogens is 226 g/mol. The van der Waals surface area contributed by atoms with Crippen LogP contribution in [0.1, 0.15) is 5.82 Å². The molecule has 2 rings (SSSR count). The van der Waals surface area contributed by atoms with Crippen molar-refractivity contribution in [2.75, 3.05) is 6.61 Å². The Kier molecular flexibility index (Phi) is 2.88. The molecule has 1 atom stereocenters. The predicted molar refractivity (Wildman–Crippen MR) is 56.6 cm³/mol. The van der Waals surface area contributed by atoms with E-state index >= 15 is 0 Å². The van der Waals surface area contributed by atoms with Gasteiger partial charge in [-0.15, -0.1) is 15.3 Å². The van der Waals surface area contributed by atoms with Crippen LogP contribution in [0.25, 0.3) is 5.65 Å². The first-order valence-electron chi connectivity index (χ1n) is 4.88. The summed E-state index contributed by atoms with van der Waals surface area (Å²) >= 11 is 0. The minimum atomic E-state index is -1.12. The molecule has 2 heterocycles. The molecule has 8 nitrogen and oxygen atoms in total. The number of aromatic nitrogens is 4. The summed E-state index contributed by atoms with van der Waals surface area (Å²) in [6.07, 6.45) is 0. The molecule has 0 saturated carbocycles. The Morgan fingerprint density at radius 3 is 3.06 bits per heavy atom. The van der Waals surface area contributed by atoms with Crippen LogP contribution < -0.4 is 10.5 Å². The second-order valence-corrected chi connectivity index (χ2v) is 3.44. The Morgan fingerprint density at radius 2 is 2.35 bits per heavy atom. The van der Waals surface area contributed by atoms with Crippen molar-refractivity contribution >= 4 is 11.6 Å². The minimum Gasteiger partial charge on any atom is -0.480 e. The molecule has 2 aromatic rings. The van der Waals surface area contributed by atoms with Gasteiger partial charge in [-0.3, -0.25) is 4.79 Å². The third-order valence-electron chi connectivity index (χ3n) is 2.12. The fourth-order valence-corrected chi connectivity index (χ4v) is 1.20. The summed E-state index contributed by atoms with van der Waals surface area (Å²) in [5.74, 6) is -0.225. The normalized spacial score (nSPS) is 12.6. The standard InChI is InChI=1S/C9H11N5O3/c1-5-11-12-7-2-3-8(13-14(5)7)17-4-6(10)9(15)16/h2-3,6H,4,10H2,1H3,(H,15,16). The zero-order valence-electron chi connectivity index (χ0n) is 9.07. The van der Waals surface area contributed by atoms with Gasteiger partial charge in [-0.05, 0) is 13.0 Å². The largest absolute Gasteiger partial charge is 0.480 e. The molecule has 17 heavy (non-hydrogen) atoms. The van der Waals surface area contributed by atoms with Crippen molar-refractivity contribution in [3.8, 4) is 5.88 Å². The van der Waals surface area contributed by atoms with E-state index in [0.29, 0.717) is 11.5 Å². The van der Waals surface area contributed by atoms with Crippen LogP contribution in [0.4, 0.5) is 0 Å². The molecule has 2 aromatic heterocycles. The highest BCUT2D eigenvalue weighted by molar-refractivity contribution is 5.73. The summed E-state index contributed by atoms with van der Waals surface area (Å²) in [7, 11) is 0. The molecular formula is C9H11N5O3. The summed E-state index contributed by atoms with van der Waals surface area (Å²) in [5.41, 5.74) is 5.90. The molecule has 0 fully saturated rings. The molecule has 0 saturated heterocycles. The van der Waals surface area contributed by atoms with Crippen LogP contribution in [-0.2, 0) is 4.79 Å². The number of aryl methyl sites for hydroxylation is 1. The highest BCUT2D eigenvalue weighted by Crippen LogP contribution is 2.08. The SMILES string of the molecule is Cc1nnc2ccc(OCC(N)C(=O)O)nn12. The van der Waals surface area contributed by atoms with E-state index in [1.807, 2.05) is 0 Å². The lowest BCUT2D eigenvalue weighted by atomic mass is 10.3. The Balaban J connectivity index is 2.14. The average Bonchev–Trinajstić information content (AvgIpc) is 2.68. The number of carboxylic acid groups (broad SMARTS) is 1. The van der Waals surface area contributed by atoms with Gasteiger partial charge in [0.1, 0.15) is 12.6 Å². The molecule has 0 aliphatic heterocycles. The van der Waals surface area contributed by atoms with E-state index in [4.69, 9.17) is 15.6 Å². The van der Waals surface area contributed by atoms with Crippen molar-refractivity contribution in [2.24, 2.45) is 5.73 Å². The summed E-state index contributed by atoms with van der Waals surface area (Å²) < 4.78 is 6.67. The molecule has 0 radical (unpaired) electrons. The zero-order chi connectivity index (χ0) is 12.4. The maximum atomic E-state index is 10.5. The lowest BCUT2D eigenvalue weighted by Crippen LogP contribution is -2.36. The second-order valence-electron chi connectivity index (χ2n) is 3.44. The van der Waals surface area contributed by atoms with E-state index in [2.05, 4.69) is 15.3 Å². The maximum absolute atomic E-state index is 10.5. The van der Waals surface area contributed by atoms with Crippen LogP contribution in [-0.4, -0.2) is 43.5 Å². The van der Waals surface area contributed by atoms with Crippen LogP contribution in [0.5, 0.6) is 5.88 Å². The molecule has 0 aliphatic carbocycles. The van der Waals surface area contributed by atoms with Gasteiger partial charge in [-0.1, -0.05) is 0 Å². The minimum absolute atomic E-state index is 0.144. The first-order chi connectivity index (χ1) is 8.08. The fourth-order valence-electron chi connectivity index (χ4n) is 1.20. The lowest BCUT2D eigenvalue weighted by Gasteiger charge is -2.08. The number of carbonyl (C=O) groups is 1. The number of hydrogen-bond donors (Lipinski definition) is 2. The van der Waals surface area contributed by atoms with Gasteiger partial charge in [0.2, 0.25) is 5.88 Å². The van der Waals surface area contributed by atoms with E-state index < -0.39 is 12.0 Å². The van der Waals surface area contributed by atoms with Gasteiger partial charge in [0.15, 0.2) is 11.5 Å².